The molecule has 0 saturated heterocycles. The number of hydrogen-bond donors (Lipinski definition) is 3. The van der Waals surface area contributed by atoms with E-state index in [4.69, 9.17) is 0 Å². The molecule has 9 heteroatoms. The quantitative estimate of drug-likeness (QED) is 0.431. The molecule has 3 N–H and O–H groups in total. The molecule has 0 fully saturated rings. The van der Waals surface area contributed by atoms with Crippen molar-refractivity contribution in [3.05, 3.63) is 84.3 Å². The van der Waals surface area contributed by atoms with E-state index in [1.807, 2.05) is 0 Å². The molecule has 3 aromatic rings. The fraction of sp³-hybridized carbons (Fsp3) is 0.231. The van der Waals surface area contributed by atoms with Gasteiger partial charge in [-0.25, -0.2) is 9.37 Å². The number of phenolic OH excluding ortho intramolecular Hbond substituents is 1. The van der Waals surface area contributed by atoms with Gasteiger partial charge in [0.1, 0.15) is 23.4 Å². The van der Waals surface area contributed by atoms with Gasteiger partial charge in [0.2, 0.25) is 17.7 Å². The van der Waals surface area contributed by atoms with Crippen LogP contribution in [0.5, 0.6) is 5.75 Å². The third-order valence-electron chi connectivity index (χ3n) is 5.00. The van der Waals surface area contributed by atoms with E-state index in [1.54, 1.807) is 32.0 Å². The number of pyridine rings is 1. The topological polar surface area (TPSA) is 112 Å². The minimum Gasteiger partial charge on any atom is -0.508 e. The predicted octanol–water partition coefficient (Wildman–Crippen LogP) is 3.94. The van der Waals surface area contributed by atoms with Gasteiger partial charge < -0.3 is 15.7 Å². The predicted molar refractivity (Wildman–Crippen MR) is 130 cm³/mol. The van der Waals surface area contributed by atoms with Gasteiger partial charge in [-0.2, -0.15) is 0 Å². The van der Waals surface area contributed by atoms with E-state index in [-0.39, 0.29) is 30.3 Å². The lowest BCUT2D eigenvalue weighted by Crippen LogP contribution is -2.46. The van der Waals surface area contributed by atoms with Gasteiger partial charge in [0.05, 0.1) is 0 Å². The molecule has 0 aliphatic rings. The molecule has 35 heavy (non-hydrogen) atoms. The number of aromatic hydroxyl groups is 1. The van der Waals surface area contributed by atoms with Gasteiger partial charge in [-0.1, -0.05) is 24.3 Å². The number of amides is 3. The summed E-state index contributed by atoms with van der Waals surface area (Å²) in [5.74, 6) is -1.70. The molecular formula is C26H27FN4O4. The molecule has 3 rings (SSSR count). The molecule has 182 valence electrons. The maximum absolute atomic E-state index is 14.1. The van der Waals surface area contributed by atoms with Gasteiger partial charge in [0.25, 0.3) is 0 Å². The lowest BCUT2D eigenvalue weighted by Gasteiger charge is -2.32. The van der Waals surface area contributed by atoms with Crippen LogP contribution in [-0.2, 0) is 14.4 Å². The second kappa shape index (κ2) is 11.7. The van der Waals surface area contributed by atoms with Crippen LogP contribution in [-0.4, -0.2) is 33.9 Å². The second-order valence-corrected chi connectivity index (χ2v) is 8.16. The molecule has 0 saturated carbocycles. The highest BCUT2D eigenvalue weighted by Gasteiger charge is 2.33. The summed E-state index contributed by atoms with van der Waals surface area (Å²) in [6.45, 7) is 3.56. The molecule has 0 radical (unpaired) electrons. The summed E-state index contributed by atoms with van der Waals surface area (Å²) in [4.78, 5) is 44.3. The van der Waals surface area contributed by atoms with E-state index in [9.17, 15) is 23.9 Å². The van der Waals surface area contributed by atoms with Crippen molar-refractivity contribution in [2.75, 3.05) is 10.2 Å². The van der Waals surface area contributed by atoms with Gasteiger partial charge in [0, 0.05) is 30.8 Å². The Labute approximate surface area is 202 Å². The molecule has 8 nitrogen and oxygen atoms in total. The smallest absolute Gasteiger partial charge is 0.248 e. The maximum Gasteiger partial charge on any atom is 0.248 e. The van der Waals surface area contributed by atoms with Crippen LogP contribution >= 0.6 is 0 Å². The lowest BCUT2D eigenvalue weighted by molar-refractivity contribution is -0.127. The van der Waals surface area contributed by atoms with Crippen molar-refractivity contribution < 1.29 is 23.9 Å². The molecule has 2 aromatic carbocycles. The molecule has 0 aliphatic carbocycles. The average molecular weight is 479 g/mol. The van der Waals surface area contributed by atoms with Crippen LogP contribution in [0.3, 0.4) is 0 Å². The normalized spacial score (nSPS) is 11.5. The fourth-order valence-corrected chi connectivity index (χ4v) is 3.48. The van der Waals surface area contributed by atoms with Gasteiger partial charge in [-0.3, -0.25) is 19.3 Å². The number of benzene rings is 2. The Hall–Kier alpha value is -4.27. The zero-order valence-electron chi connectivity index (χ0n) is 19.4. The third-order valence-corrected chi connectivity index (χ3v) is 5.00. The van der Waals surface area contributed by atoms with Gasteiger partial charge >= 0.3 is 0 Å². The third kappa shape index (κ3) is 7.10. The maximum atomic E-state index is 14.1. The van der Waals surface area contributed by atoms with Crippen molar-refractivity contribution in [1.29, 1.82) is 0 Å². The van der Waals surface area contributed by atoms with Crippen LogP contribution in [0.25, 0.3) is 0 Å². The molecule has 3 amide bonds. The Balaban J connectivity index is 1.93. The standard InChI is InChI=1S/C26H27FN4O4/c1-17(2)29-26(35)25(18-9-11-21(32)12-10-18)31(20-7-5-6-19(27)16-20)24(34)14-13-23(33)30-22-8-3-4-15-28-22/h3-12,15-17,25,32H,13-14H2,1-2H3,(H,29,35)(H,28,30,33)/t25-/m0/s1. The summed E-state index contributed by atoms with van der Waals surface area (Å²) >= 11 is 0. The Kier molecular flexibility index (Phi) is 8.50. The fourth-order valence-electron chi connectivity index (χ4n) is 3.48. The summed E-state index contributed by atoms with van der Waals surface area (Å²) < 4.78 is 14.1. The van der Waals surface area contributed by atoms with Crippen LogP contribution < -0.4 is 15.5 Å². The van der Waals surface area contributed by atoms with Crippen LogP contribution in [0.15, 0.2) is 72.9 Å². The van der Waals surface area contributed by atoms with Gasteiger partial charge in [0.15, 0.2) is 0 Å². The Bertz CT molecular complexity index is 1170. The molecule has 1 atom stereocenters. The summed E-state index contributed by atoms with van der Waals surface area (Å²) in [5, 5.41) is 15.1. The highest BCUT2D eigenvalue weighted by Crippen LogP contribution is 2.30. The molecule has 0 bridgehead atoms. The lowest BCUT2D eigenvalue weighted by atomic mass is 10.0. The van der Waals surface area contributed by atoms with E-state index >= 15 is 0 Å². The van der Waals surface area contributed by atoms with E-state index in [1.165, 1.54) is 53.6 Å². The van der Waals surface area contributed by atoms with Crippen molar-refractivity contribution in [2.24, 2.45) is 0 Å². The average Bonchev–Trinajstić information content (AvgIpc) is 2.82. The van der Waals surface area contributed by atoms with Crippen molar-refractivity contribution in [3.8, 4) is 5.75 Å². The molecule has 1 aromatic heterocycles. The monoisotopic (exact) mass is 478 g/mol. The van der Waals surface area contributed by atoms with E-state index in [2.05, 4.69) is 15.6 Å². The van der Waals surface area contributed by atoms with Crippen molar-refractivity contribution in [3.63, 3.8) is 0 Å². The zero-order valence-corrected chi connectivity index (χ0v) is 19.4. The first-order chi connectivity index (χ1) is 16.7. The van der Waals surface area contributed by atoms with Gasteiger partial charge in [-0.15, -0.1) is 0 Å². The summed E-state index contributed by atoms with van der Waals surface area (Å²) in [6.07, 6.45) is 1.12. The van der Waals surface area contributed by atoms with E-state index in [0.717, 1.165) is 6.07 Å². The van der Waals surface area contributed by atoms with Crippen molar-refractivity contribution in [1.82, 2.24) is 10.3 Å². The first-order valence-electron chi connectivity index (χ1n) is 11.1. The molecular weight excluding hydrogens is 451 g/mol. The minimum atomic E-state index is -1.16. The highest BCUT2D eigenvalue weighted by molar-refractivity contribution is 6.03. The minimum absolute atomic E-state index is 0.00778. The van der Waals surface area contributed by atoms with Crippen LogP contribution in [0, 0.1) is 5.82 Å². The number of nitrogens with one attached hydrogen (secondary N) is 2. The molecule has 0 aliphatic heterocycles. The Morgan fingerprint density at radius 2 is 1.74 bits per heavy atom. The number of hydrogen-bond acceptors (Lipinski definition) is 5. The summed E-state index contributed by atoms with van der Waals surface area (Å²) in [5.41, 5.74) is 0.577. The number of phenols is 1. The Morgan fingerprint density at radius 3 is 2.37 bits per heavy atom. The number of carbonyl (C=O) groups excluding carboxylic acids is 3. The summed E-state index contributed by atoms with van der Waals surface area (Å²) in [6, 6.07) is 14.9. The molecule has 0 spiro atoms. The molecule has 0 unspecified atom stereocenters. The SMILES string of the molecule is CC(C)NC(=O)[C@H](c1ccc(O)cc1)N(C(=O)CCC(=O)Nc1ccccn1)c1cccc(F)c1. The molecule has 1 heterocycles. The number of anilines is 2. The van der Waals surface area contributed by atoms with E-state index in [0.29, 0.717) is 11.4 Å². The second-order valence-electron chi connectivity index (χ2n) is 8.16. The number of nitrogens with zero attached hydrogens (tertiary/aromatic N) is 2. The number of halogens is 1. The van der Waals surface area contributed by atoms with Crippen LogP contribution in [0.2, 0.25) is 0 Å². The van der Waals surface area contributed by atoms with Gasteiger partial charge in [-0.05, 0) is 61.9 Å². The number of carbonyl (C=O) groups is 3. The highest BCUT2D eigenvalue weighted by atomic mass is 19.1. The first kappa shape index (κ1) is 25.4. The largest absolute Gasteiger partial charge is 0.508 e. The number of aromatic nitrogens is 1. The van der Waals surface area contributed by atoms with E-state index < -0.39 is 29.6 Å². The number of rotatable bonds is 9. The van der Waals surface area contributed by atoms with Crippen molar-refractivity contribution >= 4 is 29.2 Å². The van der Waals surface area contributed by atoms with Crippen LogP contribution in [0.1, 0.15) is 38.3 Å². The van der Waals surface area contributed by atoms with Crippen molar-refractivity contribution in [2.45, 2.75) is 38.8 Å². The first-order valence-corrected chi connectivity index (χ1v) is 11.1. The summed E-state index contributed by atoms with van der Waals surface area (Å²) in [7, 11) is 0. The Morgan fingerprint density at radius 1 is 1.00 bits per heavy atom. The van der Waals surface area contributed by atoms with Crippen LogP contribution in [0.4, 0.5) is 15.9 Å². The zero-order chi connectivity index (χ0) is 25.4.